The first-order valence-electron chi connectivity index (χ1n) is 6.42. The zero-order chi connectivity index (χ0) is 14.7. The molecule has 0 radical (unpaired) electrons. The number of carboxylic acid groups (broad SMARTS) is 1. The number of benzene rings is 1. The second-order valence-electron chi connectivity index (χ2n) is 4.84. The first-order chi connectivity index (χ1) is 9.47. The Morgan fingerprint density at radius 2 is 2.25 bits per heavy atom. The number of carbonyl (C=O) groups is 2. The van der Waals surface area contributed by atoms with E-state index < -0.39 is 5.97 Å². The summed E-state index contributed by atoms with van der Waals surface area (Å²) in [6.45, 7) is 2.52. The van der Waals surface area contributed by atoms with Gasteiger partial charge in [0, 0.05) is 16.8 Å². The highest BCUT2D eigenvalue weighted by Crippen LogP contribution is 2.26. The van der Waals surface area contributed by atoms with Crippen LogP contribution >= 0.6 is 15.9 Å². The first-order valence-corrected chi connectivity index (χ1v) is 7.21. The summed E-state index contributed by atoms with van der Waals surface area (Å²) in [5, 5.41) is 11.8. The average Bonchev–Trinajstić information content (AvgIpc) is 2.84. The number of halogens is 1. The molecule has 1 atom stereocenters. The maximum atomic E-state index is 11.9. The predicted molar refractivity (Wildman–Crippen MR) is 78.1 cm³/mol. The molecule has 20 heavy (non-hydrogen) atoms. The molecule has 5 nitrogen and oxygen atoms in total. The van der Waals surface area contributed by atoms with Gasteiger partial charge in [-0.2, -0.15) is 0 Å². The third kappa shape index (κ3) is 3.58. The van der Waals surface area contributed by atoms with Crippen molar-refractivity contribution in [1.82, 2.24) is 0 Å². The lowest BCUT2D eigenvalue weighted by Crippen LogP contribution is -2.20. The topological polar surface area (TPSA) is 75.6 Å². The van der Waals surface area contributed by atoms with Crippen molar-refractivity contribution < 1.29 is 19.4 Å². The lowest BCUT2D eigenvalue weighted by atomic mass is 10.1. The van der Waals surface area contributed by atoms with E-state index in [2.05, 4.69) is 21.2 Å². The van der Waals surface area contributed by atoms with Crippen molar-refractivity contribution in [3.8, 4) is 0 Å². The van der Waals surface area contributed by atoms with E-state index in [0.29, 0.717) is 23.2 Å². The molecule has 1 amide bonds. The van der Waals surface area contributed by atoms with E-state index in [1.54, 1.807) is 6.07 Å². The molecule has 1 aromatic rings. The summed E-state index contributed by atoms with van der Waals surface area (Å²) in [6.07, 6.45) is 2.16. The molecule has 0 aliphatic carbocycles. The van der Waals surface area contributed by atoms with Crippen LogP contribution in [0, 0.1) is 6.92 Å². The minimum Gasteiger partial charge on any atom is -0.478 e. The Hall–Kier alpha value is -1.40. The van der Waals surface area contributed by atoms with Gasteiger partial charge >= 0.3 is 5.97 Å². The van der Waals surface area contributed by atoms with Crippen molar-refractivity contribution in [3.05, 3.63) is 27.7 Å². The van der Waals surface area contributed by atoms with Crippen LogP contribution in [0.25, 0.3) is 0 Å². The number of carboxylic acids is 1. The minimum absolute atomic E-state index is 0.0234. The summed E-state index contributed by atoms with van der Waals surface area (Å²) >= 11 is 3.21. The zero-order valence-corrected chi connectivity index (χ0v) is 12.7. The number of amides is 1. The quantitative estimate of drug-likeness (QED) is 0.882. The molecule has 1 saturated heterocycles. The molecule has 0 bridgehead atoms. The molecule has 0 spiro atoms. The highest BCUT2D eigenvalue weighted by Gasteiger charge is 2.20. The van der Waals surface area contributed by atoms with E-state index in [-0.39, 0.29) is 17.6 Å². The summed E-state index contributed by atoms with van der Waals surface area (Å²) in [5.41, 5.74) is 1.46. The van der Waals surface area contributed by atoms with E-state index in [1.807, 2.05) is 6.92 Å². The van der Waals surface area contributed by atoms with Gasteiger partial charge in [0.15, 0.2) is 0 Å². The second kappa shape index (κ2) is 6.37. The number of aryl methyl sites for hydroxylation is 1. The minimum atomic E-state index is -1.04. The fourth-order valence-corrected chi connectivity index (χ4v) is 2.81. The molecule has 1 aromatic carbocycles. The third-order valence-corrected chi connectivity index (χ3v) is 3.91. The lowest BCUT2D eigenvalue weighted by Gasteiger charge is -2.13. The van der Waals surface area contributed by atoms with Gasteiger partial charge in [0.1, 0.15) is 0 Å². The summed E-state index contributed by atoms with van der Waals surface area (Å²) < 4.78 is 5.91. The maximum Gasteiger partial charge on any atom is 0.336 e. The number of aromatic carboxylic acids is 1. The Labute approximate surface area is 125 Å². The van der Waals surface area contributed by atoms with Gasteiger partial charge in [0.2, 0.25) is 5.91 Å². The number of ether oxygens (including phenoxy) is 1. The molecule has 0 aromatic heterocycles. The van der Waals surface area contributed by atoms with Crippen molar-refractivity contribution in [3.63, 3.8) is 0 Å². The number of nitrogens with one attached hydrogen (secondary N) is 1. The fraction of sp³-hybridized carbons (Fsp3) is 0.429. The van der Waals surface area contributed by atoms with Gasteiger partial charge in [-0.3, -0.25) is 4.79 Å². The van der Waals surface area contributed by atoms with Crippen LogP contribution in [-0.4, -0.2) is 29.7 Å². The first kappa shape index (κ1) is 15.0. The Balaban J connectivity index is 2.09. The van der Waals surface area contributed by atoms with E-state index in [9.17, 15) is 9.59 Å². The molecule has 2 N–H and O–H groups in total. The monoisotopic (exact) mass is 341 g/mol. The lowest BCUT2D eigenvalue weighted by molar-refractivity contribution is -0.118. The van der Waals surface area contributed by atoms with E-state index in [4.69, 9.17) is 9.84 Å². The largest absolute Gasteiger partial charge is 0.478 e. The molecule has 1 aliphatic rings. The van der Waals surface area contributed by atoms with Gasteiger partial charge in [0.05, 0.1) is 18.1 Å². The number of rotatable bonds is 4. The summed E-state index contributed by atoms with van der Waals surface area (Å²) in [7, 11) is 0. The molecule has 2 rings (SSSR count). The van der Waals surface area contributed by atoms with Crippen molar-refractivity contribution in [2.45, 2.75) is 32.3 Å². The average molecular weight is 342 g/mol. The van der Waals surface area contributed by atoms with Crippen LogP contribution < -0.4 is 5.32 Å². The molecule has 0 saturated carbocycles. The zero-order valence-electron chi connectivity index (χ0n) is 11.1. The Morgan fingerprint density at radius 1 is 1.50 bits per heavy atom. The molecule has 1 fully saturated rings. The summed E-state index contributed by atoms with van der Waals surface area (Å²) in [4.78, 5) is 23.0. The maximum absolute atomic E-state index is 11.9. The van der Waals surface area contributed by atoms with Crippen LogP contribution in [0.2, 0.25) is 0 Å². The van der Waals surface area contributed by atoms with Crippen LogP contribution in [0.15, 0.2) is 16.6 Å². The van der Waals surface area contributed by atoms with Crippen molar-refractivity contribution in [1.29, 1.82) is 0 Å². The van der Waals surface area contributed by atoms with Crippen LogP contribution in [-0.2, 0) is 9.53 Å². The smallest absolute Gasteiger partial charge is 0.336 e. The Morgan fingerprint density at radius 3 is 2.85 bits per heavy atom. The predicted octanol–water partition coefficient (Wildman–Crippen LogP) is 2.96. The number of hydrogen-bond acceptors (Lipinski definition) is 3. The van der Waals surface area contributed by atoms with Crippen LogP contribution in [0.5, 0.6) is 0 Å². The molecule has 1 aliphatic heterocycles. The van der Waals surface area contributed by atoms with Crippen molar-refractivity contribution >= 4 is 33.5 Å². The van der Waals surface area contributed by atoms with Gasteiger partial charge in [-0.25, -0.2) is 4.79 Å². The highest BCUT2D eigenvalue weighted by atomic mass is 79.9. The van der Waals surface area contributed by atoms with E-state index >= 15 is 0 Å². The van der Waals surface area contributed by atoms with E-state index in [0.717, 1.165) is 18.4 Å². The number of carbonyl (C=O) groups excluding carboxylic acids is 1. The van der Waals surface area contributed by atoms with Crippen LogP contribution in [0.1, 0.15) is 35.2 Å². The normalized spacial score (nSPS) is 18.0. The summed E-state index contributed by atoms with van der Waals surface area (Å²) in [6, 6.07) is 3.15. The van der Waals surface area contributed by atoms with Gasteiger partial charge in [-0.15, -0.1) is 0 Å². The fourth-order valence-electron chi connectivity index (χ4n) is 2.18. The highest BCUT2D eigenvalue weighted by molar-refractivity contribution is 9.10. The molecule has 108 valence electrons. The molecular formula is C14H16BrNO4. The third-order valence-electron chi connectivity index (χ3n) is 3.26. The molecule has 1 heterocycles. The van der Waals surface area contributed by atoms with Gasteiger partial charge in [0.25, 0.3) is 0 Å². The molecule has 6 heteroatoms. The van der Waals surface area contributed by atoms with Gasteiger partial charge < -0.3 is 15.2 Å². The second-order valence-corrected chi connectivity index (χ2v) is 5.69. The van der Waals surface area contributed by atoms with Crippen LogP contribution in [0.3, 0.4) is 0 Å². The molecular weight excluding hydrogens is 326 g/mol. The Bertz CT molecular complexity index is 538. The van der Waals surface area contributed by atoms with Gasteiger partial charge in [-0.05, 0) is 53.4 Å². The summed E-state index contributed by atoms with van der Waals surface area (Å²) in [5.74, 6) is -1.19. The van der Waals surface area contributed by atoms with Crippen molar-refractivity contribution in [2.24, 2.45) is 0 Å². The Kier molecular flexibility index (Phi) is 4.77. The van der Waals surface area contributed by atoms with Crippen LogP contribution in [0.4, 0.5) is 5.69 Å². The SMILES string of the molecule is Cc1cc(Br)c(C(=O)O)cc1NC(=O)CC1CCCO1. The molecule has 1 unspecified atom stereocenters. The standard InChI is InChI=1S/C14H16BrNO4/c1-8-5-11(15)10(14(18)19)7-12(8)16-13(17)6-9-3-2-4-20-9/h5,7,9H,2-4,6H2,1H3,(H,16,17)(H,18,19). The number of hydrogen-bond donors (Lipinski definition) is 2. The van der Waals surface area contributed by atoms with E-state index in [1.165, 1.54) is 6.07 Å². The van der Waals surface area contributed by atoms with Gasteiger partial charge in [-0.1, -0.05) is 0 Å². The van der Waals surface area contributed by atoms with Crippen molar-refractivity contribution in [2.75, 3.05) is 11.9 Å². The number of anilines is 1.